The quantitative estimate of drug-likeness (QED) is 0.619. The SMILES string of the molecule is O=C(Cc1cc(=O)oc2cc(O)ccc12)OCCO. The van der Waals surface area contributed by atoms with Crippen LogP contribution in [0.1, 0.15) is 5.56 Å². The van der Waals surface area contributed by atoms with Crippen molar-refractivity contribution in [2.24, 2.45) is 0 Å². The number of carbonyl (C=O) groups is 1. The number of benzene rings is 1. The molecule has 0 unspecified atom stereocenters. The molecular formula is C13H12O6. The van der Waals surface area contributed by atoms with E-state index in [9.17, 15) is 14.7 Å². The molecule has 100 valence electrons. The van der Waals surface area contributed by atoms with Crippen LogP contribution in [0, 0.1) is 0 Å². The molecule has 0 saturated carbocycles. The van der Waals surface area contributed by atoms with Gasteiger partial charge in [0.1, 0.15) is 17.9 Å². The Morgan fingerprint density at radius 1 is 1.32 bits per heavy atom. The van der Waals surface area contributed by atoms with Gasteiger partial charge in [-0.05, 0) is 17.7 Å². The zero-order chi connectivity index (χ0) is 13.8. The van der Waals surface area contributed by atoms with Crippen LogP contribution in [-0.4, -0.2) is 29.4 Å². The molecule has 0 aliphatic rings. The predicted octanol–water partition coefficient (Wildman–Crippen LogP) is 0.577. The first-order valence-electron chi connectivity index (χ1n) is 5.62. The molecule has 0 aliphatic heterocycles. The average Bonchev–Trinajstić information content (AvgIpc) is 2.35. The van der Waals surface area contributed by atoms with Crippen molar-refractivity contribution < 1.29 is 24.2 Å². The lowest BCUT2D eigenvalue weighted by atomic mass is 10.1. The number of phenolic OH excluding ortho intramolecular Hbond substituents is 1. The molecule has 19 heavy (non-hydrogen) atoms. The Balaban J connectivity index is 2.37. The molecule has 1 aromatic heterocycles. The number of fused-ring (bicyclic) bond motifs is 1. The van der Waals surface area contributed by atoms with Crippen LogP contribution >= 0.6 is 0 Å². The minimum absolute atomic E-state index is 0.0318. The van der Waals surface area contributed by atoms with Crippen LogP contribution < -0.4 is 5.63 Å². The van der Waals surface area contributed by atoms with Crippen molar-refractivity contribution in [3.63, 3.8) is 0 Å². The molecule has 6 nitrogen and oxygen atoms in total. The highest BCUT2D eigenvalue weighted by Gasteiger charge is 2.11. The second-order valence-corrected chi connectivity index (χ2v) is 3.89. The molecule has 0 atom stereocenters. The Kier molecular flexibility index (Phi) is 3.82. The van der Waals surface area contributed by atoms with Crippen LogP contribution in [0.15, 0.2) is 33.5 Å². The van der Waals surface area contributed by atoms with Crippen LogP contribution in [-0.2, 0) is 16.0 Å². The maximum atomic E-state index is 11.5. The van der Waals surface area contributed by atoms with Crippen LogP contribution in [0.25, 0.3) is 11.0 Å². The van der Waals surface area contributed by atoms with Crippen molar-refractivity contribution >= 4 is 16.9 Å². The number of carbonyl (C=O) groups excluding carboxylic acids is 1. The number of ether oxygens (including phenoxy) is 1. The highest BCUT2D eigenvalue weighted by molar-refractivity contribution is 5.85. The fourth-order valence-corrected chi connectivity index (χ4v) is 1.73. The number of aliphatic hydroxyl groups is 1. The van der Waals surface area contributed by atoms with Crippen molar-refractivity contribution in [2.75, 3.05) is 13.2 Å². The fourth-order valence-electron chi connectivity index (χ4n) is 1.73. The van der Waals surface area contributed by atoms with Crippen molar-refractivity contribution in [3.8, 4) is 5.75 Å². The highest BCUT2D eigenvalue weighted by atomic mass is 16.5. The number of hydrogen-bond donors (Lipinski definition) is 2. The second-order valence-electron chi connectivity index (χ2n) is 3.89. The molecule has 6 heteroatoms. The van der Waals surface area contributed by atoms with E-state index in [-0.39, 0.29) is 31.0 Å². The monoisotopic (exact) mass is 264 g/mol. The summed E-state index contributed by atoms with van der Waals surface area (Å²) >= 11 is 0. The van der Waals surface area contributed by atoms with Crippen molar-refractivity contribution in [2.45, 2.75) is 6.42 Å². The van der Waals surface area contributed by atoms with Gasteiger partial charge in [-0.25, -0.2) is 4.79 Å². The standard InChI is InChI=1S/C13H12O6/c14-3-4-18-12(16)5-8-6-13(17)19-11-7-9(15)1-2-10(8)11/h1-2,6-7,14-15H,3-5H2. The van der Waals surface area contributed by atoms with E-state index < -0.39 is 11.6 Å². The smallest absolute Gasteiger partial charge is 0.336 e. The van der Waals surface area contributed by atoms with E-state index in [4.69, 9.17) is 14.3 Å². The molecule has 0 amide bonds. The third kappa shape index (κ3) is 3.11. The number of aromatic hydroxyl groups is 1. The predicted molar refractivity (Wildman–Crippen MR) is 65.9 cm³/mol. The third-order valence-electron chi connectivity index (χ3n) is 2.50. The van der Waals surface area contributed by atoms with Crippen LogP contribution in [0.4, 0.5) is 0 Å². The van der Waals surface area contributed by atoms with Gasteiger partial charge in [0.05, 0.1) is 13.0 Å². The molecule has 2 rings (SSSR count). The molecule has 0 fully saturated rings. The molecule has 0 aliphatic carbocycles. The first kappa shape index (κ1) is 13.1. The van der Waals surface area contributed by atoms with Gasteiger partial charge in [0.2, 0.25) is 0 Å². The van der Waals surface area contributed by atoms with Gasteiger partial charge in [-0.2, -0.15) is 0 Å². The minimum Gasteiger partial charge on any atom is -0.508 e. The van der Waals surface area contributed by atoms with Gasteiger partial charge in [0.25, 0.3) is 0 Å². The molecule has 0 saturated heterocycles. The Labute approximate surface area is 107 Å². The van der Waals surface area contributed by atoms with Crippen molar-refractivity contribution in [1.29, 1.82) is 0 Å². The molecule has 2 aromatic rings. The molecular weight excluding hydrogens is 252 g/mol. The summed E-state index contributed by atoms with van der Waals surface area (Å²) in [5.41, 5.74) is 0.0507. The number of esters is 1. The van der Waals surface area contributed by atoms with Crippen molar-refractivity contribution in [3.05, 3.63) is 40.2 Å². The summed E-state index contributed by atoms with van der Waals surface area (Å²) in [4.78, 5) is 22.8. The first-order chi connectivity index (χ1) is 9.10. The number of phenols is 1. The summed E-state index contributed by atoms with van der Waals surface area (Å²) in [6.07, 6.45) is -0.104. The van der Waals surface area contributed by atoms with E-state index in [2.05, 4.69) is 0 Å². The molecule has 0 bridgehead atoms. The fraction of sp³-hybridized carbons (Fsp3) is 0.231. The Hall–Kier alpha value is -2.34. The Morgan fingerprint density at radius 3 is 2.84 bits per heavy atom. The molecule has 0 radical (unpaired) electrons. The lowest BCUT2D eigenvalue weighted by molar-refractivity contribution is -0.143. The van der Waals surface area contributed by atoms with Gasteiger partial charge in [-0.3, -0.25) is 4.79 Å². The minimum atomic E-state index is -0.608. The number of hydrogen-bond acceptors (Lipinski definition) is 6. The van der Waals surface area contributed by atoms with Crippen LogP contribution in [0.5, 0.6) is 5.75 Å². The first-order valence-corrected chi connectivity index (χ1v) is 5.62. The second kappa shape index (κ2) is 5.53. The summed E-state index contributed by atoms with van der Waals surface area (Å²) in [5, 5.41) is 18.4. The molecule has 1 heterocycles. The summed E-state index contributed by atoms with van der Waals surface area (Å²) < 4.78 is 9.67. The maximum Gasteiger partial charge on any atom is 0.336 e. The zero-order valence-electron chi connectivity index (χ0n) is 9.96. The summed E-state index contributed by atoms with van der Waals surface area (Å²) in [5.74, 6) is -0.579. The van der Waals surface area contributed by atoms with Gasteiger partial charge < -0.3 is 19.4 Å². The zero-order valence-corrected chi connectivity index (χ0v) is 9.96. The van der Waals surface area contributed by atoms with E-state index in [1.165, 1.54) is 18.2 Å². The van der Waals surface area contributed by atoms with E-state index in [1.54, 1.807) is 6.07 Å². The lowest BCUT2D eigenvalue weighted by Gasteiger charge is -2.06. The Bertz CT molecular complexity index is 658. The van der Waals surface area contributed by atoms with Gasteiger partial charge in [0, 0.05) is 17.5 Å². The van der Waals surface area contributed by atoms with Crippen LogP contribution in [0.2, 0.25) is 0 Å². The third-order valence-corrected chi connectivity index (χ3v) is 2.50. The largest absolute Gasteiger partial charge is 0.508 e. The van der Waals surface area contributed by atoms with Gasteiger partial charge in [0.15, 0.2) is 0 Å². The highest BCUT2D eigenvalue weighted by Crippen LogP contribution is 2.22. The normalized spacial score (nSPS) is 10.6. The molecule has 2 N–H and O–H groups in total. The van der Waals surface area contributed by atoms with Gasteiger partial charge >= 0.3 is 11.6 Å². The van der Waals surface area contributed by atoms with E-state index in [1.807, 2.05) is 0 Å². The average molecular weight is 264 g/mol. The summed E-state index contributed by atoms with van der Waals surface area (Å²) in [6, 6.07) is 5.51. The topological polar surface area (TPSA) is 97.0 Å². The lowest BCUT2D eigenvalue weighted by Crippen LogP contribution is -2.12. The molecule has 0 spiro atoms. The van der Waals surface area contributed by atoms with E-state index >= 15 is 0 Å². The summed E-state index contributed by atoms with van der Waals surface area (Å²) in [6.45, 7) is -0.337. The van der Waals surface area contributed by atoms with Gasteiger partial charge in [-0.1, -0.05) is 0 Å². The van der Waals surface area contributed by atoms with Crippen molar-refractivity contribution in [1.82, 2.24) is 0 Å². The maximum absolute atomic E-state index is 11.5. The van der Waals surface area contributed by atoms with Crippen LogP contribution in [0.3, 0.4) is 0 Å². The molecule has 1 aromatic carbocycles. The number of aliphatic hydroxyl groups excluding tert-OH is 1. The van der Waals surface area contributed by atoms with Gasteiger partial charge in [-0.15, -0.1) is 0 Å². The summed E-state index contributed by atoms with van der Waals surface area (Å²) in [7, 11) is 0. The van der Waals surface area contributed by atoms with E-state index in [0.717, 1.165) is 0 Å². The Morgan fingerprint density at radius 2 is 2.11 bits per heavy atom. The van der Waals surface area contributed by atoms with E-state index in [0.29, 0.717) is 10.9 Å². The number of rotatable bonds is 4.